The van der Waals surface area contributed by atoms with Crippen molar-refractivity contribution in [2.75, 3.05) is 20.2 Å². The molecule has 1 amide bonds. The van der Waals surface area contributed by atoms with Gasteiger partial charge in [-0.1, -0.05) is 19.1 Å². The predicted octanol–water partition coefficient (Wildman–Crippen LogP) is 2.73. The molecule has 116 valence electrons. The highest BCUT2D eigenvalue weighted by Gasteiger charge is 2.35. The van der Waals surface area contributed by atoms with Gasteiger partial charge in [0.05, 0.1) is 17.7 Å². The molecule has 0 aliphatic heterocycles. The SMILES string of the molecule is CCCOC(=O)CN(C)C(=O)c1ccccc1C(F)(F)F. The van der Waals surface area contributed by atoms with Crippen LogP contribution in [0.5, 0.6) is 0 Å². The second-order valence-electron chi connectivity index (χ2n) is 4.43. The average Bonchev–Trinajstić information content (AvgIpc) is 2.43. The number of halogens is 3. The fourth-order valence-corrected chi connectivity index (χ4v) is 1.65. The monoisotopic (exact) mass is 303 g/mol. The number of likely N-dealkylation sites (N-methyl/N-ethyl adjacent to an activating group) is 1. The Balaban J connectivity index is 2.86. The highest BCUT2D eigenvalue weighted by molar-refractivity contribution is 5.97. The van der Waals surface area contributed by atoms with Gasteiger partial charge >= 0.3 is 12.1 Å². The second kappa shape index (κ2) is 7.10. The van der Waals surface area contributed by atoms with Crippen molar-refractivity contribution in [1.82, 2.24) is 4.90 Å². The predicted molar refractivity (Wildman–Crippen MR) is 69.7 cm³/mol. The van der Waals surface area contributed by atoms with E-state index in [1.165, 1.54) is 19.2 Å². The van der Waals surface area contributed by atoms with Crippen LogP contribution in [0.1, 0.15) is 29.3 Å². The Hall–Kier alpha value is -2.05. The van der Waals surface area contributed by atoms with Crippen LogP contribution in [-0.2, 0) is 15.7 Å². The minimum Gasteiger partial charge on any atom is -0.464 e. The first-order chi connectivity index (χ1) is 9.77. The number of alkyl halides is 3. The van der Waals surface area contributed by atoms with Crippen LogP contribution in [0.15, 0.2) is 24.3 Å². The van der Waals surface area contributed by atoms with E-state index in [1.807, 2.05) is 6.92 Å². The summed E-state index contributed by atoms with van der Waals surface area (Å²) in [5.41, 5.74) is -1.51. The fourth-order valence-electron chi connectivity index (χ4n) is 1.65. The van der Waals surface area contributed by atoms with Gasteiger partial charge in [-0.3, -0.25) is 9.59 Å². The first-order valence-corrected chi connectivity index (χ1v) is 6.34. The zero-order valence-corrected chi connectivity index (χ0v) is 11.7. The van der Waals surface area contributed by atoms with Gasteiger partial charge < -0.3 is 9.64 Å². The molecule has 0 bridgehead atoms. The number of hydrogen-bond donors (Lipinski definition) is 0. The molecule has 0 saturated heterocycles. The Morgan fingerprint density at radius 2 is 1.86 bits per heavy atom. The molecule has 0 unspecified atom stereocenters. The summed E-state index contributed by atoms with van der Waals surface area (Å²) >= 11 is 0. The van der Waals surface area contributed by atoms with Crippen molar-refractivity contribution in [2.45, 2.75) is 19.5 Å². The molecular weight excluding hydrogens is 287 g/mol. The smallest absolute Gasteiger partial charge is 0.417 e. The lowest BCUT2D eigenvalue weighted by molar-refractivity contribution is -0.144. The highest BCUT2D eigenvalue weighted by atomic mass is 19.4. The summed E-state index contributed by atoms with van der Waals surface area (Å²) in [4.78, 5) is 24.3. The molecule has 7 heteroatoms. The molecule has 0 spiro atoms. The molecule has 1 aromatic carbocycles. The zero-order chi connectivity index (χ0) is 16.0. The van der Waals surface area contributed by atoms with Crippen LogP contribution in [-0.4, -0.2) is 37.0 Å². The van der Waals surface area contributed by atoms with Crippen LogP contribution in [0.4, 0.5) is 13.2 Å². The van der Waals surface area contributed by atoms with Gasteiger partial charge in [-0.05, 0) is 18.6 Å². The first-order valence-electron chi connectivity index (χ1n) is 6.34. The Labute approximate surface area is 120 Å². The van der Waals surface area contributed by atoms with Gasteiger partial charge in [0, 0.05) is 7.05 Å². The number of esters is 1. The Kier molecular flexibility index (Phi) is 5.75. The van der Waals surface area contributed by atoms with E-state index in [4.69, 9.17) is 4.74 Å². The van der Waals surface area contributed by atoms with Crippen molar-refractivity contribution in [2.24, 2.45) is 0 Å². The standard InChI is InChI=1S/C14H16F3NO3/c1-3-8-21-12(19)9-18(2)13(20)10-6-4-5-7-11(10)14(15,16)17/h4-7H,3,8-9H2,1-2H3. The molecule has 0 aliphatic rings. The number of hydrogen-bond acceptors (Lipinski definition) is 3. The summed E-state index contributed by atoms with van der Waals surface area (Å²) in [6.45, 7) is 1.62. The van der Waals surface area contributed by atoms with Crippen LogP contribution < -0.4 is 0 Å². The molecule has 0 N–H and O–H groups in total. The number of nitrogens with zero attached hydrogens (tertiary/aromatic N) is 1. The van der Waals surface area contributed by atoms with Crippen LogP contribution in [0.2, 0.25) is 0 Å². The Bertz CT molecular complexity index is 514. The second-order valence-corrected chi connectivity index (χ2v) is 4.43. The maximum atomic E-state index is 12.8. The van der Waals surface area contributed by atoms with Gasteiger partial charge in [-0.15, -0.1) is 0 Å². The van der Waals surface area contributed by atoms with E-state index in [9.17, 15) is 22.8 Å². The lowest BCUT2D eigenvalue weighted by atomic mass is 10.1. The molecule has 0 aromatic heterocycles. The van der Waals surface area contributed by atoms with Crippen LogP contribution in [0.3, 0.4) is 0 Å². The Morgan fingerprint density at radius 3 is 2.43 bits per heavy atom. The third-order valence-electron chi connectivity index (χ3n) is 2.64. The lowest BCUT2D eigenvalue weighted by Crippen LogP contribution is -2.34. The van der Waals surface area contributed by atoms with Crippen LogP contribution in [0.25, 0.3) is 0 Å². The van der Waals surface area contributed by atoms with Crippen LogP contribution in [0, 0.1) is 0 Å². The van der Waals surface area contributed by atoms with E-state index in [-0.39, 0.29) is 6.61 Å². The van der Waals surface area contributed by atoms with Crippen molar-refractivity contribution < 1.29 is 27.5 Å². The van der Waals surface area contributed by atoms with Gasteiger partial charge in [-0.25, -0.2) is 0 Å². The molecule has 4 nitrogen and oxygen atoms in total. The average molecular weight is 303 g/mol. The normalized spacial score (nSPS) is 11.1. The number of benzene rings is 1. The molecule has 0 saturated carbocycles. The van der Waals surface area contributed by atoms with Crippen molar-refractivity contribution in [3.05, 3.63) is 35.4 Å². The lowest BCUT2D eigenvalue weighted by Gasteiger charge is -2.19. The van der Waals surface area contributed by atoms with Crippen molar-refractivity contribution in [1.29, 1.82) is 0 Å². The molecular formula is C14H16F3NO3. The van der Waals surface area contributed by atoms with Crippen molar-refractivity contribution in [3.63, 3.8) is 0 Å². The Morgan fingerprint density at radius 1 is 1.24 bits per heavy atom. The summed E-state index contributed by atoms with van der Waals surface area (Å²) < 4.78 is 43.3. The maximum Gasteiger partial charge on any atom is 0.417 e. The fraction of sp³-hybridized carbons (Fsp3) is 0.429. The van der Waals surface area contributed by atoms with E-state index in [0.717, 1.165) is 17.0 Å². The summed E-state index contributed by atoms with van der Waals surface area (Å²) in [5, 5.41) is 0. The van der Waals surface area contributed by atoms with E-state index >= 15 is 0 Å². The minimum absolute atomic E-state index is 0.208. The van der Waals surface area contributed by atoms with Crippen molar-refractivity contribution >= 4 is 11.9 Å². The molecule has 0 heterocycles. The van der Waals surface area contributed by atoms with E-state index in [0.29, 0.717) is 6.42 Å². The number of amides is 1. The molecule has 21 heavy (non-hydrogen) atoms. The van der Waals surface area contributed by atoms with Gasteiger partial charge in [0.1, 0.15) is 6.54 Å². The third kappa shape index (κ3) is 4.77. The van der Waals surface area contributed by atoms with Crippen molar-refractivity contribution in [3.8, 4) is 0 Å². The molecule has 0 aliphatic carbocycles. The molecule has 0 radical (unpaired) electrons. The number of carbonyl (C=O) groups is 2. The summed E-state index contributed by atoms with van der Waals surface area (Å²) in [6, 6.07) is 4.45. The van der Waals surface area contributed by atoms with Gasteiger partial charge in [0.2, 0.25) is 0 Å². The summed E-state index contributed by atoms with van der Waals surface area (Å²) in [5.74, 6) is -1.53. The largest absolute Gasteiger partial charge is 0.464 e. The van der Waals surface area contributed by atoms with Gasteiger partial charge in [-0.2, -0.15) is 13.2 Å². The van der Waals surface area contributed by atoms with Gasteiger partial charge in [0.25, 0.3) is 5.91 Å². The highest BCUT2D eigenvalue weighted by Crippen LogP contribution is 2.32. The van der Waals surface area contributed by atoms with Crippen LogP contribution >= 0.6 is 0 Å². The molecule has 1 rings (SSSR count). The topological polar surface area (TPSA) is 46.6 Å². The van der Waals surface area contributed by atoms with Gasteiger partial charge in [0.15, 0.2) is 0 Å². The first kappa shape index (κ1) is 17.0. The number of ether oxygens (including phenoxy) is 1. The quantitative estimate of drug-likeness (QED) is 0.786. The molecule has 0 fully saturated rings. The minimum atomic E-state index is -4.63. The molecule has 0 atom stereocenters. The molecule has 1 aromatic rings. The maximum absolute atomic E-state index is 12.8. The van der Waals surface area contributed by atoms with E-state index in [1.54, 1.807) is 0 Å². The zero-order valence-electron chi connectivity index (χ0n) is 11.7. The summed E-state index contributed by atoms with van der Waals surface area (Å²) in [6.07, 6.45) is -4.00. The third-order valence-corrected chi connectivity index (χ3v) is 2.64. The number of rotatable bonds is 5. The number of carbonyl (C=O) groups excluding carboxylic acids is 2. The summed E-state index contributed by atoms with van der Waals surface area (Å²) in [7, 11) is 1.25. The van der Waals surface area contributed by atoms with E-state index in [2.05, 4.69) is 0 Å². The van der Waals surface area contributed by atoms with E-state index < -0.39 is 35.7 Å².